The Labute approximate surface area is 185 Å². The Hall–Kier alpha value is -2.11. The van der Waals surface area contributed by atoms with Gasteiger partial charge in [0.15, 0.2) is 0 Å². The molecule has 1 aromatic carbocycles. The van der Waals surface area contributed by atoms with Crippen molar-refractivity contribution in [3.63, 3.8) is 0 Å². The Kier molecular flexibility index (Phi) is 6.51. The van der Waals surface area contributed by atoms with E-state index < -0.39 is 21.6 Å². The normalized spacial score (nSPS) is 21.0. The summed E-state index contributed by atoms with van der Waals surface area (Å²) in [5.41, 5.74) is -2.53. The second-order valence-corrected chi connectivity index (χ2v) is 10.4. The van der Waals surface area contributed by atoms with Gasteiger partial charge in [0.2, 0.25) is 0 Å². The van der Waals surface area contributed by atoms with Gasteiger partial charge in [0.05, 0.1) is 37.3 Å². The molecule has 2 aromatic rings. The Bertz CT molecular complexity index is 1020. The molecular weight excluding hydrogens is 445 g/mol. The molecule has 0 radical (unpaired) electrons. The molecule has 0 bridgehead atoms. The van der Waals surface area contributed by atoms with Crippen molar-refractivity contribution in [2.45, 2.75) is 63.4 Å². The molecule has 1 atom stereocenters. The van der Waals surface area contributed by atoms with Crippen molar-refractivity contribution < 1.29 is 26.3 Å². The molecule has 4 rings (SSSR count). The number of nitrogens with zero attached hydrogens (tertiary/aromatic N) is 3. The van der Waals surface area contributed by atoms with Crippen molar-refractivity contribution in [2.24, 2.45) is 0 Å². The lowest BCUT2D eigenvalue weighted by Crippen LogP contribution is -2.49. The van der Waals surface area contributed by atoms with Crippen LogP contribution in [0, 0.1) is 6.92 Å². The van der Waals surface area contributed by atoms with Crippen LogP contribution in [0.25, 0.3) is 0 Å². The highest BCUT2D eigenvalue weighted by Crippen LogP contribution is 2.35. The SMILES string of the molecule is Cc1ccc2c(c1)CN(S(=O)(=O)C(F)(F)F)C[C@@H](COC1CCCC1)N2Cc1cnc[nH]1. The summed E-state index contributed by atoms with van der Waals surface area (Å²) in [6.07, 6.45) is 7.18. The van der Waals surface area contributed by atoms with Gasteiger partial charge in [-0.2, -0.15) is 17.5 Å². The highest BCUT2D eigenvalue weighted by molar-refractivity contribution is 7.89. The van der Waals surface area contributed by atoms with Crippen molar-refractivity contribution in [3.05, 3.63) is 47.5 Å². The van der Waals surface area contributed by atoms with Crippen LogP contribution in [0.2, 0.25) is 0 Å². The first-order valence-corrected chi connectivity index (χ1v) is 12.1. The third-order valence-electron chi connectivity index (χ3n) is 6.10. The van der Waals surface area contributed by atoms with E-state index in [1.165, 1.54) is 6.33 Å². The Morgan fingerprint density at radius 2 is 2.00 bits per heavy atom. The summed E-state index contributed by atoms with van der Waals surface area (Å²) < 4.78 is 71.9. The summed E-state index contributed by atoms with van der Waals surface area (Å²) in [6.45, 7) is 1.63. The molecule has 1 aromatic heterocycles. The fraction of sp³-hybridized carbons (Fsp3) is 0.571. The van der Waals surface area contributed by atoms with E-state index in [1.54, 1.807) is 12.3 Å². The molecule has 0 amide bonds. The molecule has 0 unspecified atom stereocenters. The number of anilines is 1. The number of aryl methyl sites for hydroxylation is 1. The lowest BCUT2D eigenvalue weighted by Gasteiger charge is -2.34. The first-order chi connectivity index (χ1) is 15.1. The molecule has 0 spiro atoms. The minimum absolute atomic E-state index is 0.0532. The van der Waals surface area contributed by atoms with Crippen LogP contribution >= 0.6 is 0 Å². The molecule has 2 heterocycles. The highest BCUT2D eigenvalue weighted by atomic mass is 32.2. The van der Waals surface area contributed by atoms with E-state index >= 15 is 0 Å². The number of sulfonamides is 1. The molecule has 32 heavy (non-hydrogen) atoms. The molecule has 1 fully saturated rings. The van der Waals surface area contributed by atoms with E-state index in [4.69, 9.17) is 4.74 Å². The minimum Gasteiger partial charge on any atom is -0.376 e. The molecule has 0 saturated heterocycles. The number of aromatic amines is 1. The monoisotopic (exact) mass is 472 g/mol. The minimum atomic E-state index is -5.50. The predicted octanol–water partition coefficient (Wildman–Crippen LogP) is 3.72. The highest BCUT2D eigenvalue weighted by Gasteiger charge is 2.51. The van der Waals surface area contributed by atoms with Crippen LogP contribution in [0.3, 0.4) is 0 Å². The lowest BCUT2D eigenvalue weighted by molar-refractivity contribution is -0.0495. The van der Waals surface area contributed by atoms with Crippen molar-refractivity contribution in [1.29, 1.82) is 0 Å². The summed E-state index contributed by atoms with van der Waals surface area (Å²) >= 11 is 0. The van der Waals surface area contributed by atoms with E-state index in [0.29, 0.717) is 22.1 Å². The molecule has 176 valence electrons. The zero-order chi connectivity index (χ0) is 22.9. The Morgan fingerprint density at radius 3 is 2.66 bits per heavy atom. The van der Waals surface area contributed by atoms with Gasteiger partial charge in [-0.25, -0.2) is 13.4 Å². The van der Waals surface area contributed by atoms with Crippen molar-refractivity contribution in [3.8, 4) is 0 Å². The number of hydrogen-bond acceptors (Lipinski definition) is 5. The number of benzene rings is 1. The van der Waals surface area contributed by atoms with Crippen LogP contribution in [0.4, 0.5) is 18.9 Å². The molecule has 1 saturated carbocycles. The third kappa shape index (κ3) is 4.79. The summed E-state index contributed by atoms with van der Waals surface area (Å²) in [7, 11) is -5.50. The maximum absolute atomic E-state index is 13.5. The lowest BCUT2D eigenvalue weighted by atomic mass is 10.1. The fourth-order valence-electron chi connectivity index (χ4n) is 4.45. The second kappa shape index (κ2) is 9.03. The van der Waals surface area contributed by atoms with Gasteiger partial charge < -0.3 is 14.6 Å². The number of alkyl halides is 3. The molecule has 2 aliphatic rings. The molecule has 7 nitrogen and oxygen atoms in total. The smallest absolute Gasteiger partial charge is 0.376 e. The van der Waals surface area contributed by atoms with Crippen molar-refractivity contribution in [1.82, 2.24) is 14.3 Å². The largest absolute Gasteiger partial charge is 0.511 e. The van der Waals surface area contributed by atoms with Crippen molar-refractivity contribution in [2.75, 3.05) is 18.1 Å². The molecule has 1 aliphatic carbocycles. The Morgan fingerprint density at radius 1 is 1.25 bits per heavy atom. The first-order valence-electron chi connectivity index (χ1n) is 10.7. The first kappa shape index (κ1) is 23.1. The third-order valence-corrected chi connectivity index (χ3v) is 7.64. The number of halogens is 3. The number of fused-ring (bicyclic) bond motifs is 1. The molecule has 11 heteroatoms. The number of aromatic nitrogens is 2. The zero-order valence-electron chi connectivity index (χ0n) is 17.8. The summed E-state index contributed by atoms with van der Waals surface area (Å²) in [4.78, 5) is 8.99. The Balaban J connectivity index is 1.73. The van der Waals surface area contributed by atoms with Gasteiger partial charge in [0.1, 0.15) is 0 Å². The van der Waals surface area contributed by atoms with Gasteiger partial charge >= 0.3 is 15.5 Å². The number of nitrogens with one attached hydrogen (secondary N) is 1. The van der Waals surface area contributed by atoms with Crippen LogP contribution < -0.4 is 4.90 Å². The summed E-state index contributed by atoms with van der Waals surface area (Å²) in [6, 6.07) is 4.86. The van der Waals surface area contributed by atoms with Gasteiger partial charge in [0, 0.05) is 25.0 Å². The zero-order valence-corrected chi connectivity index (χ0v) is 18.6. The van der Waals surface area contributed by atoms with E-state index in [1.807, 2.05) is 24.0 Å². The van der Waals surface area contributed by atoms with Gasteiger partial charge in [-0.3, -0.25) is 0 Å². The summed E-state index contributed by atoms with van der Waals surface area (Å²) in [5, 5.41) is 0. The van der Waals surface area contributed by atoms with Crippen LogP contribution in [0.15, 0.2) is 30.7 Å². The van der Waals surface area contributed by atoms with Crippen LogP contribution in [0.1, 0.15) is 42.5 Å². The quantitative estimate of drug-likeness (QED) is 0.694. The molecular formula is C21H27F3N4O3S. The second-order valence-electron chi connectivity index (χ2n) is 8.47. The standard InChI is InChI=1S/C21H27F3N4O3S/c1-15-6-7-20-16(8-15)10-27(32(29,30)21(22,23)24)12-18(13-31-19-4-2-3-5-19)28(20)11-17-9-25-14-26-17/h6-9,14,18-19H,2-5,10-13H2,1H3,(H,25,26)/t18-/m0/s1. The maximum Gasteiger partial charge on any atom is 0.511 e. The van der Waals surface area contributed by atoms with Gasteiger partial charge in [-0.1, -0.05) is 30.5 Å². The molecule has 1 aliphatic heterocycles. The van der Waals surface area contributed by atoms with E-state index in [-0.39, 0.29) is 25.8 Å². The fourth-order valence-corrected chi connectivity index (χ4v) is 5.42. The van der Waals surface area contributed by atoms with E-state index in [2.05, 4.69) is 9.97 Å². The number of hydrogen-bond donors (Lipinski definition) is 1. The number of imidazole rings is 1. The number of ether oxygens (including phenoxy) is 1. The topological polar surface area (TPSA) is 78.5 Å². The van der Waals surface area contributed by atoms with Crippen molar-refractivity contribution >= 4 is 15.7 Å². The van der Waals surface area contributed by atoms with Crippen LogP contribution in [-0.2, 0) is 27.8 Å². The maximum atomic E-state index is 13.5. The average molecular weight is 473 g/mol. The van der Waals surface area contributed by atoms with E-state index in [0.717, 1.165) is 36.9 Å². The van der Waals surface area contributed by atoms with Gasteiger partial charge in [-0.15, -0.1) is 0 Å². The van der Waals surface area contributed by atoms with Gasteiger partial charge in [-0.05, 0) is 31.4 Å². The number of rotatable bonds is 6. The average Bonchev–Trinajstić information content (AvgIpc) is 3.40. The van der Waals surface area contributed by atoms with Crippen LogP contribution in [-0.4, -0.2) is 53.5 Å². The van der Waals surface area contributed by atoms with E-state index in [9.17, 15) is 21.6 Å². The van der Waals surface area contributed by atoms with Crippen LogP contribution in [0.5, 0.6) is 0 Å². The summed E-state index contributed by atoms with van der Waals surface area (Å²) in [5.74, 6) is 0. The number of H-pyrrole nitrogens is 1. The predicted molar refractivity (Wildman–Crippen MR) is 113 cm³/mol. The molecule has 1 N–H and O–H groups in total. The van der Waals surface area contributed by atoms with Gasteiger partial charge in [0.25, 0.3) is 0 Å².